The van der Waals surface area contributed by atoms with Gasteiger partial charge in [0.05, 0.1) is 51.2 Å². The molecule has 15 aromatic rings. The highest BCUT2D eigenvalue weighted by molar-refractivity contribution is 5.93. The summed E-state index contributed by atoms with van der Waals surface area (Å²) >= 11 is 0. The van der Waals surface area contributed by atoms with E-state index in [1.165, 1.54) is 5.56 Å². The van der Waals surface area contributed by atoms with E-state index in [1.54, 1.807) is 18.3 Å². The Kier molecular flexibility index (Phi) is 46.8. The van der Waals surface area contributed by atoms with Crippen LogP contribution in [0.2, 0.25) is 0 Å². The van der Waals surface area contributed by atoms with Crippen molar-refractivity contribution in [3.63, 3.8) is 0 Å². The second-order valence-corrected chi connectivity index (χ2v) is 18.6. The number of aromatic nitrogens is 13. The number of nitrogens with one attached hydrogen (secondary N) is 4. The highest BCUT2D eigenvalue weighted by atomic mass is 16.3. The molecule has 0 saturated heterocycles. The van der Waals surface area contributed by atoms with Gasteiger partial charge in [-0.2, -0.15) is 103 Å². The molecule has 24 nitrogen and oxygen atoms in total. The predicted octanol–water partition coefficient (Wildman–Crippen LogP) is 27.4. The molecule has 106 heavy (non-hydrogen) atoms. The molecule has 0 radical (unpaired) electrons. The zero-order chi connectivity index (χ0) is 78.0. The fourth-order valence-corrected chi connectivity index (χ4v) is 8.00. The third-order valence-corrected chi connectivity index (χ3v) is 12.4. The first-order chi connectivity index (χ1) is 52.4. The van der Waals surface area contributed by atoms with Gasteiger partial charge >= 0.3 is 0 Å². The zero-order valence-electron chi connectivity index (χ0n) is 64.6. The second-order valence-electron chi connectivity index (χ2n) is 18.6. The van der Waals surface area contributed by atoms with Crippen LogP contribution in [0.4, 0.5) is 56.9 Å². The molecule has 10 aromatic carbocycles. The number of fused-ring (bicyclic) bond motifs is 5. The average molecular weight is 1430 g/mol. The fourth-order valence-electron chi connectivity index (χ4n) is 8.00. The van der Waals surface area contributed by atoms with Crippen molar-refractivity contribution in [1.82, 2.24) is 66.6 Å². The molecule has 0 fully saturated rings. The minimum Gasteiger partial charge on any atom is -0.506 e. The molecular weight excluding hydrogens is 1320 g/mol. The Morgan fingerprint density at radius 1 is 0.236 bits per heavy atom. The lowest BCUT2D eigenvalue weighted by molar-refractivity contribution is 0.480. The summed E-state index contributed by atoms with van der Waals surface area (Å²) in [6.45, 7) is 38.0. The lowest BCUT2D eigenvalue weighted by Gasteiger charge is -2.02. The van der Waals surface area contributed by atoms with Gasteiger partial charge in [-0.05, 0) is 159 Å². The van der Waals surface area contributed by atoms with E-state index in [4.69, 9.17) is 0 Å². The van der Waals surface area contributed by atoms with Crippen LogP contribution in [0, 0.1) is 6.92 Å². The van der Waals surface area contributed by atoms with Crippen LogP contribution in [-0.4, -0.2) is 71.7 Å². The van der Waals surface area contributed by atoms with Gasteiger partial charge in [-0.1, -0.05) is 221 Å². The molecule has 0 saturated carbocycles. The lowest BCUT2D eigenvalue weighted by Crippen LogP contribution is -1.79. The highest BCUT2D eigenvalue weighted by Gasteiger charge is 2.07. The Balaban J connectivity index is 0.000000426. The lowest BCUT2D eigenvalue weighted by atomic mass is 10.2. The number of aromatic amines is 4. The normalized spacial score (nSPS) is 9.88. The number of nitrogens with zero attached hydrogens (tertiary/aromatic N) is 19. The van der Waals surface area contributed by atoms with Crippen LogP contribution in [0.25, 0.3) is 55.0 Å². The number of rotatable bonds is 10. The zero-order valence-corrected chi connectivity index (χ0v) is 64.6. The first kappa shape index (κ1) is 89.1. The van der Waals surface area contributed by atoms with Gasteiger partial charge in [0.1, 0.15) is 61.1 Å². The topological polar surface area (TPSA) is 323 Å². The maximum atomic E-state index is 9.75. The highest BCUT2D eigenvalue weighted by Crippen LogP contribution is 2.32. The van der Waals surface area contributed by atoms with Gasteiger partial charge in [0, 0.05) is 11.6 Å². The van der Waals surface area contributed by atoms with Crippen LogP contribution in [0.5, 0.6) is 5.75 Å². The van der Waals surface area contributed by atoms with E-state index < -0.39 is 0 Å². The maximum Gasteiger partial charge on any atom is 0.141 e. The molecule has 15 rings (SSSR count). The molecule has 552 valence electrons. The van der Waals surface area contributed by atoms with E-state index >= 15 is 0 Å². The SMILES string of the molecule is CC.CC.CC.CC.CC.CC.CC.CC.CC.Cc1ccc(N=Nc2ccc3n[nH]nc3c2)cc1.Oc1ccc(N=Nc2ccccc2)c2cccnc12.c1ccc(N=Nc2ccc3n[nH]nc3c2)cc1.c1ccc(N=Nc2ccc3n[nH]nc3c2)cc1.c1ccc(N=Nc2cccc3n[nH]nc23)cc1. The molecule has 0 aliphatic carbocycles. The number of para-hydroxylation sites is 1. The van der Waals surface area contributed by atoms with Gasteiger partial charge in [0.25, 0.3) is 0 Å². The molecule has 24 heteroatoms. The number of pyridine rings is 1. The quantitative estimate of drug-likeness (QED) is 0.0806. The molecule has 5 heterocycles. The predicted molar refractivity (Wildman–Crippen MR) is 439 cm³/mol. The summed E-state index contributed by atoms with van der Waals surface area (Å²) in [4.78, 5) is 4.14. The third-order valence-electron chi connectivity index (χ3n) is 12.4. The van der Waals surface area contributed by atoms with Gasteiger partial charge in [-0.25, -0.2) is 0 Å². The minimum atomic E-state index is 0.147. The molecule has 5 N–H and O–H groups in total. The Morgan fingerprint density at radius 2 is 0.547 bits per heavy atom. The van der Waals surface area contributed by atoms with E-state index in [0.717, 1.165) is 95.0 Å². The van der Waals surface area contributed by atoms with Crippen molar-refractivity contribution in [2.24, 2.45) is 51.1 Å². The maximum absolute atomic E-state index is 9.75. The van der Waals surface area contributed by atoms with Crippen molar-refractivity contribution < 1.29 is 5.11 Å². The van der Waals surface area contributed by atoms with Crippen LogP contribution in [0.15, 0.2) is 300 Å². The van der Waals surface area contributed by atoms with E-state index in [0.29, 0.717) is 16.9 Å². The summed E-state index contributed by atoms with van der Waals surface area (Å²) in [7, 11) is 0. The number of benzene rings is 10. The number of hydrogen-bond donors (Lipinski definition) is 5. The molecular formula is C82H103N23O. The summed E-state index contributed by atoms with van der Waals surface area (Å²) in [6.07, 6.45) is 1.64. The van der Waals surface area contributed by atoms with Gasteiger partial charge < -0.3 is 5.11 Å². The van der Waals surface area contributed by atoms with Crippen LogP contribution >= 0.6 is 0 Å². The Labute approximate surface area is 623 Å². The first-order valence-corrected chi connectivity index (χ1v) is 36.1. The van der Waals surface area contributed by atoms with Gasteiger partial charge in [-0.15, -0.1) is 10.2 Å². The smallest absolute Gasteiger partial charge is 0.141 e. The van der Waals surface area contributed by atoms with Crippen molar-refractivity contribution in [3.05, 3.63) is 254 Å². The number of azo groups is 5. The summed E-state index contributed by atoms with van der Waals surface area (Å²) in [5.74, 6) is 0.147. The fraction of sp³-hybridized carbons (Fsp3) is 0.232. The van der Waals surface area contributed by atoms with E-state index in [1.807, 2.05) is 362 Å². The van der Waals surface area contributed by atoms with Crippen molar-refractivity contribution in [3.8, 4) is 5.75 Å². The molecule has 0 spiro atoms. The number of aromatic hydroxyl groups is 1. The number of H-pyrrole nitrogens is 4. The number of hydrogen-bond acceptors (Lipinski definition) is 20. The molecule has 0 aliphatic heterocycles. The standard InChI is InChI=1S/C15H11N3O.C13H11N5.3C12H9N5.9C2H6/c19-14-9-8-13(12-7-4-10-16-15(12)14)18-17-11-5-2-1-3-6-11;1-9-2-4-10(5-3-9)14-15-11-6-7-12-13(8-11)17-18-16-12;1-2-5-9(6-3-1)13-14-10-7-4-8-11-12(10)16-17-15-11;2*1-2-4-9(5-3-1)13-14-10-6-7-11-12(8-10)16-17-15-11;9*1-2/h1-10,19H;2-8H,1H3,(H,16,17,18);3*1-8H,(H,15,16,17);9*1-2H3. The van der Waals surface area contributed by atoms with Crippen LogP contribution < -0.4 is 0 Å². The minimum absolute atomic E-state index is 0.147. The summed E-state index contributed by atoms with van der Waals surface area (Å²) in [5.41, 5.74) is 15.8. The number of aryl methyl sites for hydroxylation is 1. The number of phenols is 1. The van der Waals surface area contributed by atoms with Crippen LogP contribution in [0.1, 0.15) is 130 Å². The summed E-state index contributed by atoms with van der Waals surface area (Å²) < 4.78 is 0. The van der Waals surface area contributed by atoms with Gasteiger partial charge in [0.2, 0.25) is 0 Å². The Hall–Kier alpha value is -13.0. The summed E-state index contributed by atoms with van der Waals surface area (Å²) in [6, 6.07) is 75.4. The molecule has 0 atom stereocenters. The summed E-state index contributed by atoms with van der Waals surface area (Å²) in [5, 5.41) is 94.4. The first-order valence-electron chi connectivity index (χ1n) is 36.1. The van der Waals surface area contributed by atoms with Crippen molar-refractivity contribution in [1.29, 1.82) is 0 Å². The molecule has 0 unspecified atom stereocenters. The molecule has 0 bridgehead atoms. The van der Waals surface area contributed by atoms with Crippen molar-refractivity contribution in [2.45, 2.75) is 132 Å². The monoisotopic (exact) mass is 1430 g/mol. The van der Waals surface area contributed by atoms with E-state index in [9.17, 15) is 5.11 Å². The van der Waals surface area contributed by atoms with Crippen molar-refractivity contribution >= 4 is 112 Å². The third kappa shape index (κ3) is 30.7. The molecule has 0 aliphatic rings. The number of phenolic OH excluding ortho intramolecular Hbond substituents is 1. The largest absolute Gasteiger partial charge is 0.506 e. The van der Waals surface area contributed by atoms with Crippen molar-refractivity contribution in [2.75, 3.05) is 0 Å². The van der Waals surface area contributed by atoms with E-state index in [-0.39, 0.29) is 5.75 Å². The van der Waals surface area contributed by atoms with Gasteiger partial charge in [-0.3, -0.25) is 4.98 Å². The van der Waals surface area contributed by atoms with Gasteiger partial charge in [0.15, 0.2) is 0 Å². The second kappa shape index (κ2) is 55.7. The Bertz CT molecular complexity index is 4720. The molecule has 5 aromatic heterocycles. The Morgan fingerprint density at radius 3 is 0.934 bits per heavy atom. The van der Waals surface area contributed by atoms with Crippen LogP contribution in [-0.2, 0) is 0 Å². The average Bonchev–Trinajstić information content (AvgIpc) is 1.16. The molecule has 0 amide bonds. The van der Waals surface area contributed by atoms with Crippen LogP contribution in [0.3, 0.4) is 0 Å². The van der Waals surface area contributed by atoms with E-state index in [2.05, 4.69) is 118 Å².